The first kappa shape index (κ1) is 21.4. The zero-order valence-electron chi connectivity index (χ0n) is 16.2. The normalized spacial score (nSPS) is 10.1. The van der Waals surface area contributed by atoms with Crippen LogP contribution in [0.25, 0.3) is 0 Å². The van der Waals surface area contributed by atoms with Gasteiger partial charge in [0.15, 0.2) is 5.11 Å². The molecule has 0 saturated carbocycles. The number of anilines is 2. The van der Waals surface area contributed by atoms with Crippen molar-refractivity contribution in [3.05, 3.63) is 59.2 Å². The van der Waals surface area contributed by atoms with Crippen LogP contribution in [0.4, 0.5) is 11.4 Å². The molecule has 2 N–H and O–H groups in total. The summed E-state index contributed by atoms with van der Waals surface area (Å²) in [4.78, 5) is 24.2. The van der Waals surface area contributed by atoms with Crippen molar-refractivity contribution in [3.8, 4) is 0 Å². The number of aryl methyl sites for hydroxylation is 1. The molecule has 0 fully saturated rings. The molecule has 28 heavy (non-hydrogen) atoms. The van der Waals surface area contributed by atoms with Crippen molar-refractivity contribution >= 4 is 40.6 Å². The zero-order valence-corrected chi connectivity index (χ0v) is 17.0. The third kappa shape index (κ3) is 6.06. The quantitative estimate of drug-likeness (QED) is 0.526. The molecule has 0 aliphatic heterocycles. The van der Waals surface area contributed by atoms with E-state index >= 15 is 0 Å². The van der Waals surface area contributed by atoms with E-state index in [1.807, 2.05) is 24.3 Å². The molecule has 0 unspecified atom stereocenters. The average Bonchev–Trinajstić information content (AvgIpc) is 2.68. The summed E-state index contributed by atoms with van der Waals surface area (Å²) in [6.45, 7) is 5.99. The van der Waals surface area contributed by atoms with E-state index in [2.05, 4.69) is 17.6 Å². The van der Waals surface area contributed by atoms with Gasteiger partial charge in [0.25, 0.3) is 0 Å². The lowest BCUT2D eigenvalue weighted by atomic mass is 10.1. The molecular formula is C21H24N2O4S. The van der Waals surface area contributed by atoms with E-state index in [-0.39, 0.29) is 24.3 Å². The Bertz CT molecular complexity index is 814. The van der Waals surface area contributed by atoms with Crippen molar-refractivity contribution in [3.63, 3.8) is 0 Å². The highest BCUT2D eigenvalue weighted by Crippen LogP contribution is 2.18. The number of benzene rings is 2. The fourth-order valence-electron chi connectivity index (χ4n) is 2.48. The summed E-state index contributed by atoms with van der Waals surface area (Å²) in [5.74, 6) is -1.04. The monoisotopic (exact) mass is 400 g/mol. The Labute approximate surface area is 170 Å². The van der Waals surface area contributed by atoms with E-state index in [9.17, 15) is 9.59 Å². The first-order valence-corrected chi connectivity index (χ1v) is 9.53. The van der Waals surface area contributed by atoms with Crippen LogP contribution < -0.4 is 10.6 Å². The number of hydrogen-bond donors (Lipinski definition) is 2. The predicted molar refractivity (Wildman–Crippen MR) is 114 cm³/mol. The van der Waals surface area contributed by atoms with Crippen molar-refractivity contribution in [1.29, 1.82) is 0 Å². The third-order valence-corrected chi connectivity index (χ3v) is 4.04. The van der Waals surface area contributed by atoms with Gasteiger partial charge >= 0.3 is 11.9 Å². The second kappa shape index (κ2) is 10.4. The third-order valence-electron chi connectivity index (χ3n) is 3.83. The van der Waals surface area contributed by atoms with Crippen LogP contribution in [0, 0.1) is 0 Å². The summed E-state index contributed by atoms with van der Waals surface area (Å²) >= 11 is 5.35. The second-order valence-electron chi connectivity index (χ2n) is 5.87. The number of carbonyl (C=O) groups excluding carboxylic acids is 2. The predicted octanol–water partition coefficient (Wildman–Crippen LogP) is 4.41. The van der Waals surface area contributed by atoms with E-state index in [4.69, 9.17) is 21.7 Å². The summed E-state index contributed by atoms with van der Waals surface area (Å²) in [6.07, 6.45) is 0.959. The molecule has 7 heteroatoms. The van der Waals surface area contributed by atoms with Crippen LogP contribution in [0.2, 0.25) is 0 Å². The number of ether oxygens (including phenoxy) is 2. The lowest BCUT2D eigenvalue weighted by Crippen LogP contribution is -2.20. The van der Waals surface area contributed by atoms with Gasteiger partial charge < -0.3 is 20.1 Å². The lowest BCUT2D eigenvalue weighted by molar-refractivity contribution is 0.0525. The second-order valence-corrected chi connectivity index (χ2v) is 6.28. The fraction of sp³-hybridized carbons (Fsp3) is 0.286. The van der Waals surface area contributed by atoms with Crippen molar-refractivity contribution in [2.24, 2.45) is 0 Å². The van der Waals surface area contributed by atoms with Gasteiger partial charge in [-0.05, 0) is 68.4 Å². The molecule has 0 radical (unpaired) electrons. The molecular weight excluding hydrogens is 376 g/mol. The Hall–Kier alpha value is -2.93. The minimum atomic E-state index is -0.522. The van der Waals surface area contributed by atoms with Crippen molar-refractivity contribution < 1.29 is 19.1 Å². The maximum absolute atomic E-state index is 12.1. The topological polar surface area (TPSA) is 76.7 Å². The molecule has 0 aliphatic rings. The molecule has 0 heterocycles. The first-order chi connectivity index (χ1) is 13.5. The van der Waals surface area contributed by atoms with Gasteiger partial charge in [-0.15, -0.1) is 0 Å². The van der Waals surface area contributed by atoms with Gasteiger partial charge in [0.1, 0.15) is 0 Å². The molecule has 0 spiro atoms. The highest BCUT2D eigenvalue weighted by atomic mass is 32.1. The maximum atomic E-state index is 12.1. The van der Waals surface area contributed by atoms with Crippen LogP contribution in [-0.4, -0.2) is 30.3 Å². The summed E-state index contributed by atoms with van der Waals surface area (Å²) < 4.78 is 10.1. The Morgan fingerprint density at radius 1 is 0.821 bits per heavy atom. The minimum Gasteiger partial charge on any atom is -0.462 e. The van der Waals surface area contributed by atoms with E-state index < -0.39 is 11.9 Å². The highest BCUT2D eigenvalue weighted by Gasteiger charge is 2.15. The molecule has 0 bridgehead atoms. The Morgan fingerprint density at radius 3 is 1.79 bits per heavy atom. The van der Waals surface area contributed by atoms with E-state index in [0.717, 1.165) is 12.1 Å². The molecule has 0 aliphatic carbocycles. The summed E-state index contributed by atoms with van der Waals surface area (Å²) in [7, 11) is 0. The Balaban J connectivity index is 2.20. The Morgan fingerprint density at radius 2 is 1.32 bits per heavy atom. The van der Waals surface area contributed by atoms with Crippen LogP contribution >= 0.6 is 12.2 Å². The highest BCUT2D eigenvalue weighted by molar-refractivity contribution is 7.80. The number of rotatable bonds is 7. The standard InChI is InChI=1S/C21H24N2O4S/c1-4-14-7-9-17(10-8-14)22-21(28)23-18-12-15(19(24)26-5-2)11-16(13-18)20(25)27-6-3/h7-13H,4-6H2,1-3H3,(H2,22,23,28). The SMILES string of the molecule is CCOC(=O)c1cc(NC(=S)Nc2ccc(CC)cc2)cc(C(=O)OCC)c1. The van der Waals surface area contributed by atoms with Crippen molar-refractivity contribution in [1.82, 2.24) is 0 Å². The first-order valence-electron chi connectivity index (χ1n) is 9.13. The minimum absolute atomic E-state index is 0.235. The van der Waals surface area contributed by atoms with Gasteiger partial charge in [0.2, 0.25) is 0 Å². The molecule has 0 atom stereocenters. The summed E-state index contributed by atoms with van der Waals surface area (Å²) in [5.41, 5.74) is 3.03. The summed E-state index contributed by atoms with van der Waals surface area (Å²) in [6, 6.07) is 12.5. The van der Waals surface area contributed by atoms with Crippen molar-refractivity contribution in [2.45, 2.75) is 27.2 Å². The number of thiocarbonyl (C=S) groups is 1. The molecule has 0 amide bonds. The largest absolute Gasteiger partial charge is 0.462 e. The number of esters is 2. The van der Waals surface area contributed by atoms with Gasteiger partial charge in [0.05, 0.1) is 24.3 Å². The van der Waals surface area contributed by atoms with Gasteiger partial charge in [-0.2, -0.15) is 0 Å². The summed E-state index contributed by atoms with van der Waals surface area (Å²) in [5, 5.41) is 6.41. The van der Waals surface area contributed by atoms with E-state index in [0.29, 0.717) is 10.8 Å². The smallest absolute Gasteiger partial charge is 0.338 e. The van der Waals surface area contributed by atoms with Gasteiger partial charge in [-0.3, -0.25) is 0 Å². The average molecular weight is 401 g/mol. The molecule has 0 saturated heterocycles. The maximum Gasteiger partial charge on any atom is 0.338 e. The van der Waals surface area contributed by atoms with Gasteiger partial charge in [0, 0.05) is 11.4 Å². The van der Waals surface area contributed by atoms with E-state index in [1.54, 1.807) is 26.0 Å². The molecule has 2 aromatic rings. The van der Waals surface area contributed by atoms with Crippen LogP contribution in [0.15, 0.2) is 42.5 Å². The van der Waals surface area contributed by atoms with Crippen LogP contribution in [0.5, 0.6) is 0 Å². The number of hydrogen-bond acceptors (Lipinski definition) is 5. The van der Waals surface area contributed by atoms with Gasteiger partial charge in [-0.25, -0.2) is 9.59 Å². The molecule has 0 aromatic heterocycles. The molecule has 2 aromatic carbocycles. The fourth-order valence-corrected chi connectivity index (χ4v) is 2.72. The zero-order chi connectivity index (χ0) is 20.5. The Kier molecular flexibility index (Phi) is 7.95. The van der Waals surface area contributed by atoms with Crippen LogP contribution in [0.3, 0.4) is 0 Å². The van der Waals surface area contributed by atoms with Crippen molar-refractivity contribution in [2.75, 3.05) is 23.8 Å². The molecule has 6 nitrogen and oxygen atoms in total. The number of nitrogens with one attached hydrogen (secondary N) is 2. The van der Waals surface area contributed by atoms with Crippen LogP contribution in [-0.2, 0) is 15.9 Å². The van der Waals surface area contributed by atoms with Crippen LogP contribution in [0.1, 0.15) is 47.1 Å². The molecule has 148 valence electrons. The molecule has 2 rings (SSSR count). The van der Waals surface area contributed by atoms with E-state index in [1.165, 1.54) is 11.6 Å². The number of carbonyl (C=O) groups is 2. The van der Waals surface area contributed by atoms with Gasteiger partial charge in [-0.1, -0.05) is 19.1 Å². The lowest BCUT2D eigenvalue weighted by Gasteiger charge is -2.13.